The summed E-state index contributed by atoms with van der Waals surface area (Å²) in [4.78, 5) is 2.85. The standard InChI is InChI=1S/C42H54S2/c1-5-7-9-11-13-15-17-19-33-21-25-35(26-22-33)41-31(3)37-29-40-38(30-39(37)43-41)32(4)42(44-40)36-27-23-34(24-28-36)20-18-16-14-12-10-8-6-2/h21-30H,5-20H2,1-4H3. The van der Waals surface area contributed by atoms with E-state index in [1.807, 2.05) is 22.7 Å². The molecule has 0 aliphatic heterocycles. The molecule has 0 fully saturated rings. The Morgan fingerprint density at radius 1 is 0.432 bits per heavy atom. The number of benzene rings is 3. The summed E-state index contributed by atoms with van der Waals surface area (Å²) in [6, 6.07) is 23.8. The van der Waals surface area contributed by atoms with Gasteiger partial charge in [-0.05, 0) is 95.8 Å². The van der Waals surface area contributed by atoms with Gasteiger partial charge in [-0.2, -0.15) is 0 Å². The van der Waals surface area contributed by atoms with Crippen molar-refractivity contribution in [3.8, 4) is 20.9 Å². The maximum Gasteiger partial charge on any atom is 0.0384 e. The van der Waals surface area contributed by atoms with E-state index < -0.39 is 0 Å². The number of hydrogen-bond donors (Lipinski definition) is 0. The van der Waals surface area contributed by atoms with Crippen molar-refractivity contribution in [2.24, 2.45) is 0 Å². The van der Waals surface area contributed by atoms with E-state index >= 15 is 0 Å². The lowest BCUT2D eigenvalue weighted by Crippen LogP contribution is -1.87. The number of unbranched alkanes of at least 4 members (excludes halogenated alkanes) is 12. The molecule has 0 nitrogen and oxygen atoms in total. The summed E-state index contributed by atoms with van der Waals surface area (Å²) in [5, 5.41) is 2.84. The van der Waals surface area contributed by atoms with Crippen LogP contribution in [0.15, 0.2) is 60.7 Å². The third-order valence-electron chi connectivity index (χ3n) is 9.57. The van der Waals surface area contributed by atoms with Crippen LogP contribution in [0.3, 0.4) is 0 Å². The van der Waals surface area contributed by atoms with Gasteiger partial charge in [0.1, 0.15) is 0 Å². The monoisotopic (exact) mass is 622 g/mol. The summed E-state index contributed by atoms with van der Waals surface area (Å²) in [6.07, 6.45) is 21.6. The summed E-state index contributed by atoms with van der Waals surface area (Å²) in [5.74, 6) is 0. The molecule has 0 amide bonds. The molecule has 0 radical (unpaired) electrons. The van der Waals surface area contributed by atoms with Gasteiger partial charge in [0.05, 0.1) is 0 Å². The molecule has 0 saturated heterocycles. The van der Waals surface area contributed by atoms with E-state index in [4.69, 9.17) is 0 Å². The highest BCUT2D eigenvalue weighted by atomic mass is 32.1. The van der Waals surface area contributed by atoms with E-state index in [0.717, 1.165) is 0 Å². The van der Waals surface area contributed by atoms with Gasteiger partial charge < -0.3 is 0 Å². The van der Waals surface area contributed by atoms with Crippen LogP contribution in [0.4, 0.5) is 0 Å². The molecular formula is C42H54S2. The Labute approximate surface area is 275 Å². The SMILES string of the molecule is CCCCCCCCCc1ccc(-c2sc3cc4c(C)c(-c5ccc(CCCCCCCCC)cc5)sc4cc3c2C)cc1. The van der Waals surface area contributed by atoms with Crippen LogP contribution in [0, 0.1) is 13.8 Å². The zero-order chi connectivity index (χ0) is 30.7. The largest absolute Gasteiger partial charge is 0.135 e. The minimum atomic E-state index is 1.21. The van der Waals surface area contributed by atoms with E-state index in [9.17, 15) is 0 Å². The van der Waals surface area contributed by atoms with E-state index in [-0.39, 0.29) is 0 Å². The molecule has 5 aromatic rings. The van der Waals surface area contributed by atoms with Crippen molar-refractivity contribution in [2.45, 2.75) is 130 Å². The predicted octanol–water partition coefficient (Wildman–Crippen LogP) is 14.7. The Balaban J connectivity index is 1.22. The third-order valence-corrected chi connectivity index (χ3v) is 12.2. The number of fused-ring (bicyclic) bond motifs is 2. The molecule has 0 bridgehead atoms. The maximum absolute atomic E-state index is 2.46. The number of hydrogen-bond acceptors (Lipinski definition) is 2. The van der Waals surface area contributed by atoms with Crippen LogP contribution < -0.4 is 0 Å². The Hall–Kier alpha value is -2.42. The second kappa shape index (κ2) is 16.8. The molecule has 0 unspecified atom stereocenters. The van der Waals surface area contributed by atoms with Crippen molar-refractivity contribution in [3.05, 3.63) is 82.9 Å². The van der Waals surface area contributed by atoms with Crippen molar-refractivity contribution < 1.29 is 0 Å². The normalized spacial score (nSPS) is 11.7. The fraction of sp³-hybridized carbons (Fsp3) is 0.476. The lowest BCUT2D eigenvalue weighted by molar-refractivity contribution is 0.589. The second-order valence-corrected chi connectivity index (χ2v) is 15.2. The van der Waals surface area contributed by atoms with Crippen LogP contribution in [0.1, 0.15) is 126 Å². The first-order valence-electron chi connectivity index (χ1n) is 17.7. The fourth-order valence-electron chi connectivity index (χ4n) is 6.70. The average Bonchev–Trinajstić information content (AvgIpc) is 3.55. The van der Waals surface area contributed by atoms with Crippen LogP contribution in [0.25, 0.3) is 41.1 Å². The molecule has 3 aromatic carbocycles. The first-order chi connectivity index (χ1) is 21.6. The van der Waals surface area contributed by atoms with Gasteiger partial charge in [0.2, 0.25) is 0 Å². The Morgan fingerprint density at radius 2 is 0.773 bits per heavy atom. The molecule has 5 rings (SSSR count). The van der Waals surface area contributed by atoms with E-state index in [2.05, 4.69) is 88.4 Å². The van der Waals surface area contributed by atoms with Crippen molar-refractivity contribution in [1.82, 2.24) is 0 Å². The van der Waals surface area contributed by atoms with Gasteiger partial charge in [-0.3, -0.25) is 0 Å². The minimum Gasteiger partial charge on any atom is -0.135 e. The lowest BCUT2D eigenvalue weighted by atomic mass is 10.0. The van der Waals surface area contributed by atoms with Crippen LogP contribution in [0.5, 0.6) is 0 Å². The maximum atomic E-state index is 2.46. The first kappa shape index (κ1) is 33.0. The zero-order valence-electron chi connectivity index (χ0n) is 27.9. The zero-order valence-corrected chi connectivity index (χ0v) is 29.5. The summed E-state index contributed by atoms with van der Waals surface area (Å²) >= 11 is 3.93. The van der Waals surface area contributed by atoms with Crippen LogP contribution >= 0.6 is 22.7 Å². The second-order valence-electron chi connectivity index (χ2n) is 13.1. The van der Waals surface area contributed by atoms with E-state index in [0.29, 0.717) is 0 Å². The van der Waals surface area contributed by atoms with Crippen molar-refractivity contribution in [1.29, 1.82) is 0 Å². The van der Waals surface area contributed by atoms with Crippen molar-refractivity contribution >= 4 is 42.8 Å². The molecule has 0 aliphatic carbocycles. The highest BCUT2D eigenvalue weighted by molar-refractivity contribution is 7.24. The predicted molar refractivity (Wildman–Crippen MR) is 201 cm³/mol. The minimum absolute atomic E-state index is 1.21. The molecular weight excluding hydrogens is 569 g/mol. The Bertz CT molecular complexity index is 1460. The molecule has 2 aromatic heterocycles. The lowest BCUT2D eigenvalue weighted by Gasteiger charge is -2.05. The summed E-state index contributed by atoms with van der Waals surface area (Å²) in [5.41, 5.74) is 8.54. The van der Waals surface area contributed by atoms with E-state index in [1.165, 1.54) is 166 Å². The number of aryl methyl sites for hydroxylation is 4. The summed E-state index contributed by atoms with van der Waals surface area (Å²) < 4.78 is 2.82. The quantitative estimate of drug-likeness (QED) is 0.0853. The summed E-state index contributed by atoms with van der Waals surface area (Å²) in [7, 11) is 0. The molecule has 44 heavy (non-hydrogen) atoms. The molecule has 0 spiro atoms. The van der Waals surface area contributed by atoms with Crippen LogP contribution in [-0.2, 0) is 12.8 Å². The third kappa shape index (κ3) is 8.43. The molecule has 0 saturated carbocycles. The Morgan fingerprint density at radius 3 is 1.14 bits per heavy atom. The number of thiophene rings is 2. The molecule has 234 valence electrons. The summed E-state index contributed by atoms with van der Waals surface area (Å²) in [6.45, 7) is 9.22. The van der Waals surface area contributed by atoms with Gasteiger partial charge in [-0.25, -0.2) is 0 Å². The first-order valence-corrected chi connectivity index (χ1v) is 19.4. The van der Waals surface area contributed by atoms with Gasteiger partial charge in [0, 0.05) is 19.2 Å². The van der Waals surface area contributed by atoms with Gasteiger partial charge >= 0.3 is 0 Å². The highest BCUT2D eigenvalue weighted by Crippen LogP contribution is 2.45. The fourth-order valence-corrected chi connectivity index (χ4v) is 9.17. The topological polar surface area (TPSA) is 0 Å². The molecule has 2 heteroatoms. The van der Waals surface area contributed by atoms with Gasteiger partial charge in [0.25, 0.3) is 0 Å². The number of rotatable bonds is 18. The smallest absolute Gasteiger partial charge is 0.0384 e. The highest BCUT2D eigenvalue weighted by Gasteiger charge is 2.16. The van der Waals surface area contributed by atoms with Crippen LogP contribution in [-0.4, -0.2) is 0 Å². The van der Waals surface area contributed by atoms with Crippen LogP contribution in [0.2, 0.25) is 0 Å². The van der Waals surface area contributed by atoms with Gasteiger partial charge in [-0.1, -0.05) is 139 Å². The molecule has 0 N–H and O–H groups in total. The van der Waals surface area contributed by atoms with Crippen molar-refractivity contribution in [3.63, 3.8) is 0 Å². The van der Waals surface area contributed by atoms with Gasteiger partial charge in [0.15, 0.2) is 0 Å². The average molecular weight is 623 g/mol. The molecule has 2 heterocycles. The molecule has 0 atom stereocenters. The molecule has 0 aliphatic rings. The Kier molecular flexibility index (Phi) is 12.6. The van der Waals surface area contributed by atoms with E-state index in [1.54, 1.807) is 0 Å². The van der Waals surface area contributed by atoms with Gasteiger partial charge in [-0.15, -0.1) is 22.7 Å². The van der Waals surface area contributed by atoms with Crippen molar-refractivity contribution in [2.75, 3.05) is 0 Å².